The fourth-order valence-electron chi connectivity index (χ4n) is 6.64. The van der Waals surface area contributed by atoms with Crippen molar-refractivity contribution < 1.29 is 38.9 Å². The number of aliphatic carboxylic acids is 1. The van der Waals surface area contributed by atoms with Crippen LogP contribution >= 0.6 is 0 Å². The number of carbonyl (C=O) groups excluding carboxylic acids is 4. The minimum Gasteiger partial charge on any atom is -0.508 e. The van der Waals surface area contributed by atoms with Crippen LogP contribution in [0, 0.1) is 0 Å². The molecule has 3 atom stereocenters. The number of alkyl carbamates (subject to hydrolysis) is 1. The number of benzene rings is 4. The second-order valence-corrected chi connectivity index (χ2v) is 13.4. The third kappa shape index (κ3) is 11.4. The normalized spacial score (nSPS) is 13.3. The molecule has 0 fully saturated rings. The number of fused-ring (bicyclic) bond motifs is 3. The van der Waals surface area contributed by atoms with Crippen LogP contribution in [-0.2, 0) is 36.8 Å². The molecule has 1 aliphatic rings. The molecule has 0 aliphatic heterocycles. The number of ether oxygens (including phenoxy) is 1. The predicted octanol–water partition coefficient (Wildman–Crippen LogP) is 3.77. The molecule has 8 N–H and O–H groups in total. The number of rotatable bonds is 19. The molecule has 0 saturated carbocycles. The van der Waals surface area contributed by atoms with Gasteiger partial charge >= 0.3 is 12.1 Å². The van der Waals surface area contributed by atoms with E-state index >= 15 is 0 Å². The summed E-state index contributed by atoms with van der Waals surface area (Å²) in [6, 6.07) is 27.7. The van der Waals surface area contributed by atoms with Gasteiger partial charge in [0.25, 0.3) is 0 Å². The highest BCUT2D eigenvalue weighted by Gasteiger charge is 2.32. The van der Waals surface area contributed by atoms with Crippen molar-refractivity contribution in [2.45, 2.75) is 62.6 Å². The maximum Gasteiger partial charge on any atom is 0.407 e. The van der Waals surface area contributed by atoms with Crippen LogP contribution in [0.25, 0.3) is 11.1 Å². The minimum absolute atomic E-state index is 0.0222. The Balaban J connectivity index is 1.31. The zero-order valence-electron chi connectivity index (χ0n) is 30.4. The summed E-state index contributed by atoms with van der Waals surface area (Å²) in [5.74, 6) is -3.17. The van der Waals surface area contributed by atoms with E-state index in [4.69, 9.17) is 15.6 Å². The summed E-state index contributed by atoms with van der Waals surface area (Å²) in [5, 5.41) is 29.6. The van der Waals surface area contributed by atoms with E-state index < -0.39 is 47.9 Å². The molecule has 0 saturated heterocycles. The summed E-state index contributed by atoms with van der Waals surface area (Å²) < 4.78 is 5.76. The summed E-state index contributed by atoms with van der Waals surface area (Å²) in [4.78, 5) is 65.6. The Hall–Kier alpha value is -6.21. The van der Waals surface area contributed by atoms with Crippen LogP contribution in [-0.4, -0.2) is 77.8 Å². The van der Waals surface area contributed by atoms with Crippen molar-refractivity contribution in [2.75, 3.05) is 19.7 Å². The number of nitrogens with two attached hydrogens (primary N) is 1. The van der Waals surface area contributed by atoms with Gasteiger partial charge in [-0.15, -0.1) is 0 Å². The molecule has 0 heterocycles. The van der Waals surface area contributed by atoms with Crippen molar-refractivity contribution in [1.29, 1.82) is 0 Å². The fourth-order valence-corrected chi connectivity index (χ4v) is 6.64. The second-order valence-electron chi connectivity index (χ2n) is 13.4. The number of phenols is 1. The molecular weight excluding hydrogens is 702 g/mol. The van der Waals surface area contributed by atoms with Crippen molar-refractivity contribution in [2.24, 2.45) is 5.73 Å². The number of carboxylic acids is 1. The number of aromatic hydroxyl groups is 1. The first-order valence-electron chi connectivity index (χ1n) is 18.4. The molecule has 0 spiro atoms. The average molecular weight is 750 g/mol. The van der Waals surface area contributed by atoms with Crippen LogP contribution in [0.5, 0.6) is 5.75 Å². The molecule has 0 radical (unpaired) electrons. The Labute approximate surface area is 319 Å². The molecule has 55 heavy (non-hydrogen) atoms. The highest BCUT2D eigenvalue weighted by atomic mass is 16.5. The number of hydrogen-bond acceptors (Lipinski definition) is 8. The third-order valence-electron chi connectivity index (χ3n) is 9.46. The topological polar surface area (TPSA) is 209 Å². The maximum atomic E-state index is 14.0. The van der Waals surface area contributed by atoms with E-state index in [-0.39, 0.29) is 50.5 Å². The monoisotopic (exact) mass is 749 g/mol. The molecule has 0 bridgehead atoms. The lowest BCUT2D eigenvalue weighted by molar-refractivity contribution is -0.137. The summed E-state index contributed by atoms with van der Waals surface area (Å²) in [7, 11) is 0. The van der Waals surface area contributed by atoms with Crippen LogP contribution in [0.3, 0.4) is 0 Å². The number of amides is 4. The van der Waals surface area contributed by atoms with E-state index in [0.29, 0.717) is 24.9 Å². The molecule has 1 aliphatic carbocycles. The molecule has 0 aromatic heterocycles. The van der Waals surface area contributed by atoms with Gasteiger partial charge in [0.2, 0.25) is 17.7 Å². The summed E-state index contributed by atoms with van der Waals surface area (Å²) >= 11 is 0. The lowest BCUT2D eigenvalue weighted by atomic mass is 9.98. The quantitative estimate of drug-likeness (QED) is 0.0695. The van der Waals surface area contributed by atoms with Gasteiger partial charge in [-0.2, -0.15) is 0 Å². The molecule has 0 unspecified atom stereocenters. The first-order chi connectivity index (χ1) is 26.6. The summed E-state index contributed by atoms with van der Waals surface area (Å²) in [5.41, 5.74) is 11.4. The standard InChI is InChI=1S/C42H47N5O8/c43-22-9-8-16-35(40(52)46-36(39(51)44-23-21-38(49)50)25-28-17-19-29(48)20-18-28)45-41(53)37(24-27-10-2-1-3-11-27)47-42(54)55-26-34-32-14-6-4-12-30(32)31-13-5-7-15-33(31)34/h1-7,10-15,17-20,34-37,48H,8-9,16,21-26,43H2,(H,44,51)(H,45,53)(H,46,52)(H,47,54)(H,49,50)/t35-,36+,37+/m1/s1. The Morgan fingerprint density at radius 2 is 1.20 bits per heavy atom. The molecule has 288 valence electrons. The minimum atomic E-state index is -1.14. The Kier molecular flexibility index (Phi) is 14.4. The number of nitrogens with one attached hydrogen (secondary N) is 4. The molecule has 4 amide bonds. The van der Waals surface area contributed by atoms with Crippen molar-refractivity contribution in [3.05, 3.63) is 125 Å². The van der Waals surface area contributed by atoms with Gasteiger partial charge < -0.3 is 42.0 Å². The van der Waals surface area contributed by atoms with Crippen molar-refractivity contribution in [1.82, 2.24) is 21.3 Å². The predicted molar refractivity (Wildman–Crippen MR) is 206 cm³/mol. The zero-order chi connectivity index (χ0) is 39.2. The molecule has 13 heteroatoms. The number of hydrogen-bond donors (Lipinski definition) is 7. The van der Waals surface area contributed by atoms with E-state index in [2.05, 4.69) is 21.3 Å². The second kappa shape index (κ2) is 19.7. The molecule has 5 rings (SSSR count). The maximum absolute atomic E-state index is 14.0. The van der Waals surface area contributed by atoms with Crippen LogP contribution < -0.4 is 27.0 Å². The molecular formula is C42H47N5O8. The van der Waals surface area contributed by atoms with Gasteiger partial charge in [-0.25, -0.2) is 4.79 Å². The molecule has 4 aromatic carbocycles. The summed E-state index contributed by atoms with van der Waals surface area (Å²) in [6.07, 6.45) is 0.239. The zero-order valence-corrected chi connectivity index (χ0v) is 30.4. The highest BCUT2D eigenvalue weighted by Crippen LogP contribution is 2.44. The fraction of sp³-hybridized carbons (Fsp3) is 0.310. The van der Waals surface area contributed by atoms with E-state index in [1.165, 1.54) is 12.1 Å². The van der Waals surface area contributed by atoms with Gasteiger partial charge in [-0.3, -0.25) is 19.2 Å². The Morgan fingerprint density at radius 3 is 1.82 bits per heavy atom. The van der Waals surface area contributed by atoms with Gasteiger partial charge in [0.15, 0.2) is 0 Å². The largest absolute Gasteiger partial charge is 0.508 e. The van der Waals surface area contributed by atoms with E-state index in [1.54, 1.807) is 12.1 Å². The highest BCUT2D eigenvalue weighted by molar-refractivity contribution is 5.94. The van der Waals surface area contributed by atoms with Crippen molar-refractivity contribution >= 4 is 29.8 Å². The molecule has 13 nitrogen and oxygen atoms in total. The van der Waals surface area contributed by atoms with Gasteiger partial charge in [-0.1, -0.05) is 91.0 Å². The van der Waals surface area contributed by atoms with Gasteiger partial charge in [0, 0.05) is 25.3 Å². The van der Waals surface area contributed by atoms with Crippen LogP contribution in [0.4, 0.5) is 4.79 Å². The lowest BCUT2D eigenvalue weighted by Crippen LogP contribution is -2.57. The van der Waals surface area contributed by atoms with Gasteiger partial charge in [0.1, 0.15) is 30.5 Å². The molecule has 4 aromatic rings. The van der Waals surface area contributed by atoms with Crippen LogP contribution in [0.15, 0.2) is 103 Å². The lowest BCUT2D eigenvalue weighted by Gasteiger charge is -2.26. The first kappa shape index (κ1) is 40.0. The van der Waals surface area contributed by atoms with E-state index in [0.717, 1.165) is 27.8 Å². The number of unbranched alkanes of at least 4 members (excludes halogenated alkanes) is 1. The number of phenolic OH excluding ortho intramolecular Hbond substituents is 1. The first-order valence-corrected chi connectivity index (χ1v) is 18.4. The Bertz CT molecular complexity index is 1890. The average Bonchev–Trinajstić information content (AvgIpc) is 3.50. The van der Waals surface area contributed by atoms with Crippen LogP contribution in [0.2, 0.25) is 0 Å². The van der Waals surface area contributed by atoms with Crippen molar-refractivity contribution in [3.8, 4) is 16.9 Å². The smallest absolute Gasteiger partial charge is 0.407 e. The summed E-state index contributed by atoms with van der Waals surface area (Å²) in [6.45, 7) is 0.244. The van der Waals surface area contributed by atoms with Gasteiger partial charge in [0.05, 0.1) is 6.42 Å². The SMILES string of the molecule is NCCCC[C@@H](NC(=O)[C@H](Cc1ccccc1)NC(=O)OCC1c2ccccc2-c2ccccc21)C(=O)N[C@@H](Cc1ccc(O)cc1)C(=O)NCCC(=O)O. The number of carboxylic acid groups (broad SMARTS) is 1. The van der Waals surface area contributed by atoms with Gasteiger partial charge in [-0.05, 0) is 71.3 Å². The van der Waals surface area contributed by atoms with Crippen molar-refractivity contribution in [3.63, 3.8) is 0 Å². The Morgan fingerprint density at radius 1 is 0.655 bits per heavy atom. The van der Waals surface area contributed by atoms with E-state index in [9.17, 15) is 29.1 Å². The van der Waals surface area contributed by atoms with E-state index in [1.807, 2.05) is 78.9 Å². The van der Waals surface area contributed by atoms with Crippen LogP contribution in [0.1, 0.15) is 53.9 Å². The number of carbonyl (C=O) groups is 5. The third-order valence-corrected chi connectivity index (χ3v) is 9.46.